The van der Waals surface area contributed by atoms with Crippen molar-refractivity contribution in [1.29, 1.82) is 0 Å². The number of carbonyl (C=O) groups is 3. The number of hydrogen-bond donors (Lipinski definition) is 1. The van der Waals surface area contributed by atoms with E-state index in [4.69, 9.17) is 0 Å². The third kappa shape index (κ3) is 5.92. The minimum atomic E-state index is -4.76. The minimum absolute atomic E-state index is 0.0279. The fraction of sp³-hybridized carbons (Fsp3) is 0. The molecule has 17 heteroatoms. The van der Waals surface area contributed by atoms with Crippen LogP contribution in [0.1, 0.15) is 16.1 Å². The molecule has 2 heterocycles. The number of aromatic carboxylic acids is 1. The molecule has 1 aliphatic heterocycles. The largest absolute Gasteiger partial charge is 0.858 e. The molecule has 0 bridgehead atoms. The summed E-state index contributed by atoms with van der Waals surface area (Å²) in [5, 5.41) is 40.7. The molecule has 0 aliphatic carbocycles. The number of aliphatic carboxylic acids is 1. The number of allylic oxidation sites excluding steroid dienone is 2. The van der Waals surface area contributed by atoms with Gasteiger partial charge in [-0.3, -0.25) is 14.4 Å². The number of rotatable bonds is 8. The van der Waals surface area contributed by atoms with Crippen molar-refractivity contribution in [3.63, 3.8) is 0 Å². The van der Waals surface area contributed by atoms with E-state index in [1.807, 2.05) is 0 Å². The van der Waals surface area contributed by atoms with Crippen LogP contribution < -0.4 is 25.8 Å². The number of aromatic nitrogens is 2. The van der Waals surface area contributed by atoms with E-state index in [1.165, 1.54) is 12.1 Å². The highest BCUT2D eigenvalue weighted by molar-refractivity contribution is 7.85. The van der Waals surface area contributed by atoms with Crippen molar-refractivity contribution < 1.29 is 51.4 Å². The Morgan fingerprint density at radius 1 is 0.976 bits per heavy atom. The first kappa shape index (κ1) is 28.9. The summed E-state index contributed by atoms with van der Waals surface area (Å²) in [6.45, 7) is 0. The molecule has 1 aromatic heterocycles. The van der Waals surface area contributed by atoms with Crippen LogP contribution in [-0.2, 0) is 30.8 Å². The lowest BCUT2D eigenvalue weighted by molar-refractivity contribution is -0.299. The van der Waals surface area contributed by atoms with E-state index in [-0.39, 0.29) is 16.3 Å². The van der Waals surface area contributed by atoms with Gasteiger partial charge in [-0.25, -0.2) is 18.1 Å². The number of carboxylic acid groups (broad SMARTS) is 2. The Hall–Kier alpha value is -5.10. The number of hydrogen-bond acceptors (Lipinski definition) is 13. The van der Waals surface area contributed by atoms with Crippen molar-refractivity contribution in [2.45, 2.75) is 9.79 Å². The van der Waals surface area contributed by atoms with Crippen molar-refractivity contribution in [2.24, 2.45) is 0 Å². The summed E-state index contributed by atoms with van der Waals surface area (Å²) in [5.74, 6) is -5.50. The van der Waals surface area contributed by atoms with Crippen LogP contribution in [0.25, 0.3) is 11.8 Å². The fourth-order valence-corrected chi connectivity index (χ4v) is 4.44. The first-order chi connectivity index (χ1) is 19.3. The number of carboxylic acids is 2. The van der Waals surface area contributed by atoms with Crippen molar-refractivity contribution in [1.82, 2.24) is 15.2 Å². The van der Waals surface area contributed by atoms with E-state index in [0.29, 0.717) is 4.68 Å². The van der Waals surface area contributed by atoms with Crippen LogP contribution in [0, 0.1) is 0 Å². The van der Waals surface area contributed by atoms with Crippen LogP contribution in [0.4, 0.5) is 5.69 Å². The predicted molar refractivity (Wildman–Crippen MR) is 130 cm³/mol. The third-order valence-corrected chi connectivity index (χ3v) is 7.04. The highest BCUT2D eigenvalue weighted by atomic mass is 32.2. The first-order valence-corrected chi connectivity index (χ1v) is 13.5. The minimum Gasteiger partial charge on any atom is -0.858 e. The quantitative estimate of drug-likeness (QED) is 0.161. The summed E-state index contributed by atoms with van der Waals surface area (Å²) in [6, 6.07) is 8.87. The monoisotopic (exact) mass is 597 g/mol. The normalized spacial score (nSPS) is 15.6. The Labute approximate surface area is 233 Å². The molecular formula is C24H13N4O11S2-5. The zero-order chi connectivity index (χ0) is 30.1. The summed E-state index contributed by atoms with van der Waals surface area (Å²) in [4.78, 5) is 35.7. The zero-order valence-corrected chi connectivity index (χ0v) is 21.7. The van der Waals surface area contributed by atoms with Gasteiger partial charge in [0.25, 0.3) is 5.91 Å². The SMILES string of the molecule is O=C([O-])C1=CNN(c2ccc(S(=O)(=O)[O-])cc2)C(=O)/C1=C/C=C/c1c(C(=O)[O-])nn(-c2ccc(S(=O)[O-])cc2)c1[O-]. The summed E-state index contributed by atoms with van der Waals surface area (Å²) in [6.07, 6.45) is 3.82. The summed E-state index contributed by atoms with van der Waals surface area (Å²) in [7, 11) is -4.76. The first-order valence-electron chi connectivity index (χ1n) is 11.0. The number of hydrazine groups is 1. The van der Waals surface area contributed by atoms with Crippen LogP contribution in [0.2, 0.25) is 0 Å². The molecule has 1 N–H and O–H groups in total. The van der Waals surface area contributed by atoms with E-state index in [9.17, 15) is 51.4 Å². The molecule has 15 nitrogen and oxygen atoms in total. The maximum atomic E-state index is 13.1. The molecule has 1 amide bonds. The average molecular weight is 598 g/mol. The van der Waals surface area contributed by atoms with E-state index >= 15 is 0 Å². The van der Waals surface area contributed by atoms with E-state index in [1.54, 1.807) is 0 Å². The highest BCUT2D eigenvalue weighted by Crippen LogP contribution is 2.26. The van der Waals surface area contributed by atoms with Gasteiger partial charge in [-0.15, -0.1) is 0 Å². The average Bonchev–Trinajstić information content (AvgIpc) is 3.25. The second-order valence-corrected chi connectivity index (χ2v) is 10.3. The number of amides is 1. The molecule has 212 valence electrons. The summed E-state index contributed by atoms with van der Waals surface area (Å²) >= 11 is -2.54. The van der Waals surface area contributed by atoms with E-state index < -0.39 is 72.2 Å². The molecule has 0 fully saturated rings. The van der Waals surface area contributed by atoms with Crippen molar-refractivity contribution >= 4 is 50.8 Å². The molecule has 2 aromatic carbocycles. The van der Waals surface area contributed by atoms with Gasteiger partial charge in [0.15, 0.2) is 0 Å². The van der Waals surface area contributed by atoms with Crippen LogP contribution in [0.5, 0.6) is 5.88 Å². The maximum absolute atomic E-state index is 13.1. The Kier molecular flexibility index (Phi) is 7.88. The topological polar surface area (TPSA) is 251 Å². The third-order valence-electron chi connectivity index (χ3n) is 5.54. The molecule has 4 rings (SSSR count). The standard InChI is InChI=1S/C24H18N4O11S2/c29-21-17(19(23(31)32)12-25-27(21)13-6-10-16(11-7-13)41(37,38)39)2-1-3-18-20(24(33)34)26-28(22(18)30)14-4-8-15(9-5-14)40(35)36/h1-12,25,30H,(H,31,32)(H,33,34)(H,35,36)(H,37,38,39)/p-5/b3-1+,17-2+. The van der Waals surface area contributed by atoms with Gasteiger partial charge in [-0.1, -0.05) is 12.2 Å². The van der Waals surface area contributed by atoms with Gasteiger partial charge in [0.1, 0.15) is 15.8 Å². The Bertz CT molecular complexity index is 1790. The van der Waals surface area contributed by atoms with Crippen LogP contribution in [0.3, 0.4) is 0 Å². The summed E-state index contributed by atoms with van der Waals surface area (Å²) in [5.41, 5.74) is 0.0939. The number of anilines is 1. The zero-order valence-electron chi connectivity index (χ0n) is 20.1. The van der Waals surface area contributed by atoms with Gasteiger partial charge in [-0.05, 0) is 71.6 Å². The van der Waals surface area contributed by atoms with Gasteiger partial charge >= 0.3 is 0 Å². The lowest BCUT2D eigenvalue weighted by Gasteiger charge is -2.29. The molecule has 3 aromatic rings. The lowest BCUT2D eigenvalue weighted by Crippen LogP contribution is -2.47. The number of carbonyl (C=O) groups excluding carboxylic acids is 3. The van der Waals surface area contributed by atoms with E-state index in [2.05, 4.69) is 10.5 Å². The molecule has 0 spiro atoms. The molecule has 41 heavy (non-hydrogen) atoms. The number of nitrogens with one attached hydrogen (secondary N) is 1. The molecule has 1 aliphatic rings. The highest BCUT2D eigenvalue weighted by Gasteiger charge is 2.27. The molecule has 0 saturated heterocycles. The Morgan fingerprint density at radius 3 is 2.12 bits per heavy atom. The molecule has 0 saturated carbocycles. The van der Waals surface area contributed by atoms with Crippen molar-refractivity contribution in [3.05, 3.63) is 89.3 Å². The fourth-order valence-electron chi connectivity index (χ4n) is 3.61. The molecular weight excluding hydrogens is 584 g/mol. The van der Waals surface area contributed by atoms with Gasteiger partial charge in [0.2, 0.25) is 0 Å². The van der Waals surface area contributed by atoms with E-state index in [0.717, 1.165) is 65.8 Å². The molecule has 1 unspecified atom stereocenters. The van der Waals surface area contributed by atoms with Crippen molar-refractivity contribution in [3.8, 4) is 11.6 Å². The van der Waals surface area contributed by atoms with Gasteiger partial charge in [0, 0.05) is 22.2 Å². The van der Waals surface area contributed by atoms with Gasteiger partial charge in [0.05, 0.1) is 33.8 Å². The molecule has 1 atom stereocenters. The lowest BCUT2D eigenvalue weighted by atomic mass is 10.0. The van der Waals surface area contributed by atoms with Crippen LogP contribution in [0.15, 0.2) is 87.8 Å². The number of nitrogens with zero attached hydrogens (tertiary/aromatic N) is 3. The molecule has 0 radical (unpaired) electrons. The Balaban J connectivity index is 1.70. The maximum Gasteiger partial charge on any atom is 0.277 e. The predicted octanol–water partition coefficient (Wildman–Crippen LogP) is -2.42. The van der Waals surface area contributed by atoms with Crippen LogP contribution >= 0.6 is 0 Å². The second kappa shape index (κ2) is 11.2. The van der Waals surface area contributed by atoms with Crippen LogP contribution in [-0.4, -0.2) is 49.4 Å². The summed E-state index contributed by atoms with van der Waals surface area (Å²) < 4.78 is 56.3. The van der Waals surface area contributed by atoms with Gasteiger partial charge < -0.3 is 34.0 Å². The van der Waals surface area contributed by atoms with Crippen molar-refractivity contribution in [2.75, 3.05) is 5.01 Å². The number of benzene rings is 2. The Morgan fingerprint density at radius 2 is 1.59 bits per heavy atom. The van der Waals surface area contributed by atoms with Gasteiger partial charge in [-0.2, -0.15) is 5.10 Å². The second-order valence-electron chi connectivity index (χ2n) is 8.00. The smallest absolute Gasteiger partial charge is 0.277 e.